The van der Waals surface area contributed by atoms with Crippen LogP contribution in [0.25, 0.3) is 0 Å². The van der Waals surface area contributed by atoms with E-state index >= 15 is 0 Å². The first-order valence-electron chi connectivity index (χ1n) is 12.5. The minimum absolute atomic E-state index is 0.166. The Labute approximate surface area is 212 Å². The summed E-state index contributed by atoms with van der Waals surface area (Å²) >= 11 is 1.01. The van der Waals surface area contributed by atoms with Crippen molar-refractivity contribution in [3.63, 3.8) is 0 Å². The molecule has 12 nitrogen and oxygen atoms in total. The minimum atomic E-state index is -1.32. The number of nitrogens with one attached hydrogen (secondary N) is 1. The van der Waals surface area contributed by atoms with Gasteiger partial charge in [0.05, 0.1) is 17.7 Å². The van der Waals surface area contributed by atoms with Gasteiger partial charge in [0.2, 0.25) is 0 Å². The molecule has 1 N–H and O–H groups in total. The topological polar surface area (TPSA) is 156 Å². The van der Waals surface area contributed by atoms with Gasteiger partial charge in [-0.3, -0.25) is 4.79 Å². The highest BCUT2D eigenvalue weighted by molar-refractivity contribution is 7.17. The van der Waals surface area contributed by atoms with E-state index in [0.29, 0.717) is 4.88 Å². The number of carbonyl (C=O) groups excluding carboxylic acids is 5. The van der Waals surface area contributed by atoms with Gasteiger partial charge in [0.25, 0.3) is 0 Å². The third-order valence-electron chi connectivity index (χ3n) is 4.76. The molecule has 1 aliphatic rings. The van der Waals surface area contributed by atoms with Gasteiger partial charge >= 0.3 is 0 Å². The van der Waals surface area contributed by atoms with Crippen LogP contribution in [0.15, 0.2) is 6.20 Å². The lowest BCUT2D eigenvalue weighted by atomic mass is 9.90. The highest BCUT2D eigenvalue weighted by atomic mass is 32.1. The SMILES string of the molecule is [2H]C(=O)COC[C@H]1OC(Nc2ncc(C(=O)C(C)(C)C)s2)[C@@H](OCC([2H])=O)[C@@H](OCC([2H])=O)[C@@H]1OCC([2H])=O. The molecule has 1 saturated heterocycles. The molecule has 35 heavy (non-hydrogen) atoms. The van der Waals surface area contributed by atoms with Crippen LogP contribution in [-0.2, 0) is 42.9 Å². The van der Waals surface area contributed by atoms with E-state index < -0.39 is 87.5 Å². The maximum Gasteiger partial charge on any atom is 0.185 e. The fourth-order valence-electron chi connectivity index (χ4n) is 3.28. The Bertz CT molecular complexity index is 1050. The lowest BCUT2D eigenvalue weighted by Crippen LogP contribution is -2.63. The van der Waals surface area contributed by atoms with E-state index in [4.69, 9.17) is 29.2 Å². The molecule has 0 amide bonds. The molecule has 0 aromatic carbocycles. The molecule has 0 spiro atoms. The molecule has 1 aliphatic heterocycles. The van der Waals surface area contributed by atoms with Crippen LogP contribution < -0.4 is 5.32 Å². The molecule has 2 heterocycles. The van der Waals surface area contributed by atoms with Crippen molar-refractivity contribution in [2.24, 2.45) is 5.41 Å². The van der Waals surface area contributed by atoms with Crippen LogP contribution in [0.1, 0.15) is 35.9 Å². The second-order valence-corrected chi connectivity index (χ2v) is 9.30. The maximum absolute atomic E-state index is 12.6. The molecule has 13 heteroatoms. The standard InChI is InChI=1S/C22H30N2O10S/c1-22(2,3)19(29)15-12-23-21(35-15)24-20-18(33-11-7-28)17(32-10-6-27)16(31-9-5-26)14(34-20)13-30-8-4-25/h4-7,12,14,16-18,20H,8-11,13H2,1-3H3,(H,23,24)/t14-,16-,17+,18+,20?/m1/s1/i4D,5D,6D,7D. The van der Waals surface area contributed by atoms with Crippen molar-refractivity contribution in [3.05, 3.63) is 11.1 Å². The first kappa shape index (κ1) is 23.0. The van der Waals surface area contributed by atoms with Crippen molar-refractivity contribution in [2.75, 3.05) is 38.4 Å². The molecule has 5 atom stereocenters. The van der Waals surface area contributed by atoms with Crippen molar-refractivity contribution in [1.82, 2.24) is 4.98 Å². The van der Waals surface area contributed by atoms with Gasteiger partial charge in [-0.15, -0.1) is 0 Å². The Balaban J connectivity index is 2.44. The summed E-state index contributed by atoms with van der Waals surface area (Å²) in [5.41, 5.74) is -0.676. The van der Waals surface area contributed by atoms with E-state index in [1.165, 1.54) is 6.20 Å². The van der Waals surface area contributed by atoms with Crippen molar-refractivity contribution >= 4 is 47.3 Å². The van der Waals surface area contributed by atoms with E-state index in [2.05, 4.69) is 10.3 Å². The summed E-state index contributed by atoms with van der Waals surface area (Å²) in [6, 6.07) is 0. The summed E-state index contributed by atoms with van der Waals surface area (Å²) in [4.78, 5) is 62.4. The van der Waals surface area contributed by atoms with Gasteiger partial charge in [-0.2, -0.15) is 0 Å². The predicted octanol–water partition coefficient (Wildman–Crippen LogP) is 0.477. The van der Waals surface area contributed by atoms with E-state index in [1.54, 1.807) is 20.8 Å². The predicted molar refractivity (Wildman–Crippen MR) is 122 cm³/mol. The minimum Gasteiger partial charge on any atom is -0.371 e. The smallest absolute Gasteiger partial charge is 0.185 e. The average molecular weight is 519 g/mol. The number of ether oxygens (including phenoxy) is 5. The van der Waals surface area contributed by atoms with Crippen molar-refractivity contribution < 1.29 is 53.1 Å². The van der Waals surface area contributed by atoms with Crippen LogP contribution in [0.4, 0.5) is 5.13 Å². The zero-order valence-corrected chi connectivity index (χ0v) is 20.3. The van der Waals surface area contributed by atoms with Gasteiger partial charge in [-0.25, -0.2) is 4.98 Å². The van der Waals surface area contributed by atoms with E-state index in [1.807, 2.05) is 0 Å². The molecular formula is C22H30N2O10S. The average Bonchev–Trinajstić information content (AvgIpc) is 3.27. The number of aldehydes is 4. The molecule has 194 valence electrons. The summed E-state index contributed by atoms with van der Waals surface area (Å²) in [6.45, 7) is 2.06. The maximum atomic E-state index is 12.6. The Morgan fingerprint density at radius 1 is 1.03 bits per heavy atom. The quantitative estimate of drug-likeness (QED) is 0.239. The molecule has 1 unspecified atom stereocenters. The summed E-state index contributed by atoms with van der Waals surface area (Å²) in [5.74, 6) is -0.166. The molecule has 1 aromatic heterocycles. The lowest BCUT2D eigenvalue weighted by molar-refractivity contribution is -0.254. The van der Waals surface area contributed by atoms with Gasteiger partial charge < -0.3 is 48.2 Å². The number of nitrogens with zero attached hydrogens (tertiary/aromatic N) is 1. The molecule has 0 saturated carbocycles. The van der Waals surface area contributed by atoms with Gasteiger partial charge in [0.15, 0.2) is 17.1 Å². The molecule has 1 aromatic rings. The molecular weight excluding hydrogens is 484 g/mol. The number of hydrogen-bond donors (Lipinski definition) is 1. The molecule has 0 bridgehead atoms. The van der Waals surface area contributed by atoms with E-state index in [-0.39, 0.29) is 17.5 Å². The van der Waals surface area contributed by atoms with Crippen molar-refractivity contribution in [2.45, 2.75) is 51.4 Å². The fraction of sp³-hybridized carbons (Fsp3) is 0.636. The third-order valence-corrected chi connectivity index (χ3v) is 5.68. The van der Waals surface area contributed by atoms with Crippen LogP contribution in [0.2, 0.25) is 0 Å². The number of ketones is 1. The van der Waals surface area contributed by atoms with Crippen molar-refractivity contribution in [1.29, 1.82) is 0 Å². The number of aromatic nitrogens is 1. The van der Waals surface area contributed by atoms with Crippen LogP contribution in [-0.4, -0.2) is 99.5 Å². The van der Waals surface area contributed by atoms with Crippen LogP contribution in [0.5, 0.6) is 0 Å². The molecule has 0 radical (unpaired) electrons. The summed E-state index contributed by atoms with van der Waals surface area (Å²) in [5, 5.41) is 3.12. The first-order chi connectivity index (χ1) is 18.2. The van der Waals surface area contributed by atoms with Gasteiger partial charge in [0, 0.05) is 5.41 Å². The second kappa shape index (κ2) is 14.2. The zero-order valence-electron chi connectivity index (χ0n) is 23.4. The number of anilines is 1. The summed E-state index contributed by atoms with van der Waals surface area (Å²) in [6.07, 6.45) is -9.26. The van der Waals surface area contributed by atoms with E-state index in [9.17, 15) is 24.0 Å². The molecule has 1 fully saturated rings. The van der Waals surface area contributed by atoms with Gasteiger partial charge in [-0.05, 0) is 0 Å². The normalized spacial score (nSPS) is 26.1. The van der Waals surface area contributed by atoms with Crippen LogP contribution in [0, 0.1) is 5.41 Å². The largest absolute Gasteiger partial charge is 0.371 e. The van der Waals surface area contributed by atoms with Crippen molar-refractivity contribution in [3.8, 4) is 0 Å². The Morgan fingerprint density at radius 3 is 2.17 bits per heavy atom. The lowest BCUT2D eigenvalue weighted by Gasteiger charge is -2.45. The number of thiazole rings is 1. The number of carbonyl (C=O) groups is 5. The summed E-state index contributed by atoms with van der Waals surface area (Å²) < 4.78 is 56.5. The second-order valence-electron chi connectivity index (χ2n) is 8.27. The number of rotatable bonds is 16. The van der Waals surface area contributed by atoms with Gasteiger partial charge in [0.1, 0.15) is 81.4 Å². The highest BCUT2D eigenvalue weighted by Crippen LogP contribution is 2.32. The van der Waals surface area contributed by atoms with Gasteiger partial charge in [-0.1, -0.05) is 32.1 Å². The zero-order chi connectivity index (χ0) is 29.3. The Hall–Kier alpha value is -2.42. The highest BCUT2D eigenvalue weighted by Gasteiger charge is 2.48. The first-order valence-corrected chi connectivity index (χ1v) is 11.3. The van der Waals surface area contributed by atoms with Crippen LogP contribution in [0.3, 0.4) is 0 Å². The Morgan fingerprint density at radius 2 is 1.60 bits per heavy atom. The fourth-order valence-corrected chi connectivity index (χ4v) is 4.28. The molecule has 2 rings (SSSR count). The number of hydrogen-bond acceptors (Lipinski definition) is 13. The van der Waals surface area contributed by atoms with Crippen LogP contribution >= 0.6 is 11.3 Å². The summed E-state index contributed by atoms with van der Waals surface area (Å²) in [7, 11) is 0. The van der Waals surface area contributed by atoms with E-state index in [0.717, 1.165) is 11.3 Å². The number of Topliss-reactive ketones (excluding diaryl/α,β-unsaturated/α-hetero) is 1. The monoisotopic (exact) mass is 518 g/mol. The third kappa shape index (κ3) is 8.33. The molecule has 0 aliphatic carbocycles. The Kier molecular flexibility index (Phi) is 9.34.